The normalized spacial score (nSPS) is 10.1. The van der Waals surface area contributed by atoms with Crippen LogP contribution in [0.15, 0.2) is 11.4 Å². The molecule has 0 atom stereocenters. The monoisotopic (exact) mass is 277 g/mol. The van der Waals surface area contributed by atoms with E-state index in [0.717, 1.165) is 16.3 Å². The summed E-state index contributed by atoms with van der Waals surface area (Å²) in [6, 6.07) is 3.90. The predicted octanol–water partition coefficient (Wildman–Crippen LogP) is 3.20. The van der Waals surface area contributed by atoms with Gasteiger partial charge in [0.2, 0.25) is 0 Å². The number of nitriles is 1. The van der Waals surface area contributed by atoms with E-state index in [1.807, 2.05) is 19.9 Å². The van der Waals surface area contributed by atoms with E-state index in [1.165, 1.54) is 22.7 Å². The predicted molar refractivity (Wildman–Crippen MR) is 73.2 cm³/mol. The molecule has 6 heteroatoms. The summed E-state index contributed by atoms with van der Waals surface area (Å²) in [5, 5.41) is 14.9. The first-order valence-corrected chi connectivity index (χ1v) is 7.10. The van der Waals surface area contributed by atoms with Gasteiger partial charge in [0, 0.05) is 10.3 Å². The van der Waals surface area contributed by atoms with E-state index in [2.05, 4.69) is 16.4 Å². The Labute approximate surface area is 113 Å². The third-order valence-corrected chi connectivity index (χ3v) is 4.30. The van der Waals surface area contributed by atoms with Crippen LogP contribution in [0.3, 0.4) is 0 Å². The summed E-state index contributed by atoms with van der Waals surface area (Å²) < 4.78 is 0. The summed E-state index contributed by atoms with van der Waals surface area (Å²) in [5.74, 6) is -0.264. The number of rotatable bonds is 3. The molecule has 1 N–H and O–H groups in total. The number of hydrogen-bond acceptors (Lipinski definition) is 5. The molecule has 0 aromatic carbocycles. The molecule has 0 spiro atoms. The van der Waals surface area contributed by atoms with Gasteiger partial charge in [-0.2, -0.15) is 5.26 Å². The lowest BCUT2D eigenvalue weighted by atomic mass is 10.3. The van der Waals surface area contributed by atoms with Crippen LogP contribution < -0.4 is 5.32 Å². The van der Waals surface area contributed by atoms with Gasteiger partial charge in [0.05, 0.1) is 10.6 Å². The summed E-state index contributed by atoms with van der Waals surface area (Å²) in [6.45, 7) is 3.87. The van der Waals surface area contributed by atoms with Gasteiger partial charge >= 0.3 is 0 Å². The lowest BCUT2D eigenvalue weighted by molar-refractivity contribution is 0.102. The third kappa shape index (κ3) is 2.58. The van der Waals surface area contributed by atoms with Crippen molar-refractivity contribution >= 4 is 33.6 Å². The molecule has 0 aliphatic heterocycles. The number of nitrogens with one attached hydrogen (secondary N) is 1. The van der Waals surface area contributed by atoms with Crippen LogP contribution in [0.5, 0.6) is 0 Å². The third-order valence-electron chi connectivity index (χ3n) is 2.33. The standard InChI is InChI=1S/C12H11N3OS2/c1-3-9-4-8(5-13)12(18-9)15-11(16)10-6-17-7(2)14-10/h4,6H,3H2,1-2H3,(H,15,16). The highest BCUT2D eigenvalue weighted by Gasteiger charge is 2.14. The molecule has 2 aromatic heterocycles. The molecule has 1 amide bonds. The van der Waals surface area contributed by atoms with Gasteiger partial charge in [-0.05, 0) is 19.4 Å². The number of carbonyl (C=O) groups excluding carboxylic acids is 1. The minimum Gasteiger partial charge on any atom is -0.311 e. The Balaban J connectivity index is 2.21. The first-order chi connectivity index (χ1) is 8.63. The van der Waals surface area contributed by atoms with E-state index in [-0.39, 0.29) is 5.91 Å². The van der Waals surface area contributed by atoms with Crippen molar-refractivity contribution in [1.82, 2.24) is 4.98 Å². The zero-order valence-corrected chi connectivity index (χ0v) is 11.6. The Kier molecular flexibility index (Phi) is 3.75. The van der Waals surface area contributed by atoms with Crippen LogP contribution in [0.1, 0.15) is 32.9 Å². The zero-order valence-electron chi connectivity index (χ0n) is 9.98. The fourth-order valence-corrected chi connectivity index (χ4v) is 2.96. The second-order valence-electron chi connectivity index (χ2n) is 3.63. The van der Waals surface area contributed by atoms with E-state index in [9.17, 15) is 4.79 Å². The summed E-state index contributed by atoms with van der Waals surface area (Å²) in [4.78, 5) is 17.1. The Morgan fingerprint density at radius 1 is 1.61 bits per heavy atom. The molecule has 0 saturated carbocycles. The smallest absolute Gasteiger partial charge is 0.275 e. The van der Waals surface area contributed by atoms with E-state index < -0.39 is 0 Å². The fraction of sp³-hybridized carbons (Fsp3) is 0.250. The minimum absolute atomic E-state index is 0.264. The first-order valence-electron chi connectivity index (χ1n) is 5.40. The molecule has 0 bridgehead atoms. The van der Waals surface area contributed by atoms with Crippen molar-refractivity contribution in [1.29, 1.82) is 5.26 Å². The molecule has 2 heterocycles. The largest absolute Gasteiger partial charge is 0.311 e. The number of hydrogen-bond donors (Lipinski definition) is 1. The molecule has 0 radical (unpaired) electrons. The number of thiazole rings is 1. The Hall–Kier alpha value is -1.71. The average molecular weight is 277 g/mol. The van der Waals surface area contributed by atoms with Gasteiger partial charge < -0.3 is 5.32 Å². The summed E-state index contributed by atoms with van der Waals surface area (Å²) in [7, 11) is 0. The molecule has 4 nitrogen and oxygen atoms in total. The number of aryl methyl sites for hydroxylation is 2. The number of anilines is 1. The topological polar surface area (TPSA) is 65.8 Å². The quantitative estimate of drug-likeness (QED) is 0.936. The summed E-state index contributed by atoms with van der Waals surface area (Å²) in [6.07, 6.45) is 0.852. The van der Waals surface area contributed by atoms with Gasteiger partial charge in [0.1, 0.15) is 16.8 Å². The lowest BCUT2D eigenvalue weighted by Gasteiger charge is -1.99. The minimum atomic E-state index is -0.264. The van der Waals surface area contributed by atoms with E-state index in [0.29, 0.717) is 16.3 Å². The van der Waals surface area contributed by atoms with E-state index in [1.54, 1.807) is 5.38 Å². The average Bonchev–Trinajstić information content (AvgIpc) is 2.95. The van der Waals surface area contributed by atoms with Gasteiger partial charge in [-0.3, -0.25) is 4.79 Å². The van der Waals surface area contributed by atoms with Crippen LogP contribution in [0, 0.1) is 18.3 Å². The zero-order chi connectivity index (χ0) is 13.1. The highest BCUT2D eigenvalue weighted by molar-refractivity contribution is 7.16. The van der Waals surface area contributed by atoms with Crippen molar-refractivity contribution in [3.05, 3.63) is 32.6 Å². The molecule has 0 unspecified atom stereocenters. The number of carbonyl (C=O) groups is 1. The number of thiophene rings is 1. The molecule has 0 aliphatic carbocycles. The number of aromatic nitrogens is 1. The van der Waals surface area contributed by atoms with E-state index in [4.69, 9.17) is 5.26 Å². The van der Waals surface area contributed by atoms with Gasteiger partial charge in [0.15, 0.2) is 0 Å². The molecular weight excluding hydrogens is 266 g/mol. The Morgan fingerprint density at radius 3 is 2.94 bits per heavy atom. The van der Waals surface area contributed by atoms with Crippen molar-refractivity contribution in [2.24, 2.45) is 0 Å². The van der Waals surface area contributed by atoms with Gasteiger partial charge in [-0.25, -0.2) is 4.98 Å². The maximum Gasteiger partial charge on any atom is 0.275 e. The van der Waals surface area contributed by atoms with E-state index >= 15 is 0 Å². The van der Waals surface area contributed by atoms with Crippen molar-refractivity contribution in [2.45, 2.75) is 20.3 Å². The fourth-order valence-electron chi connectivity index (χ4n) is 1.43. The van der Waals surface area contributed by atoms with Gasteiger partial charge in [-0.1, -0.05) is 6.92 Å². The molecule has 2 rings (SSSR count). The van der Waals surface area contributed by atoms with Crippen LogP contribution in [0.4, 0.5) is 5.00 Å². The number of nitrogens with zero attached hydrogens (tertiary/aromatic N) is 2. The highest BCUT2D eigenvalue weighted by atomic mass is 32.1. The highest BCUT2D eigenvalue weighted by Crippen LogP contribution is 2.28. The van der Waals surface area contributed by atoms with Crippen LogP contribution in [-0.4, -0.2) is 10.9 Å². The van der Waals surface area contributed by atoms with Crippen molar-refractivity contribution in [3.8, 4) is 6.07 Å². The van der Waals surface area contributed by atoms with Crippen molar-refractivity contribution in [3.63, 3.8) is 0 Å². The van der Waals surface area contributed by atoms with Crippen LogP contribution in [0.2, 0.25) is 0 Å². The molecule has 0 fully saturated rings. The van der Waals surface area contributed by atoms with Crippen molar-refractivity contribution in [2.75, 3.05) is 5.32 Å². The maximum absolute atomic E-state index is 11.9. The molecular formula is C12H11N3OS2. The number of amides is 1. The molecule has 0 saturated heterocycles. The summed E-state index contributed by atoms with van der Waals surface area (Å²) >= 11 is 2.86. The first kappa shape index (κ1) is 12.7. The Bertz CT molecular complexity index is 622. The molecule has 18 heavy (non-hydrogen) atoms. The molecule has 92 valence electrons. The Morgan fingerprint density at radius 2 is 2.39 bits per heavy atom. The van der Waals surface area contributed by atoms with Crippen molar-refractivity contribution < 1.29 is 4.79 Å². The second kappa shape index (κ2) is 5.29. The van der Waals surface area contributed by atoms with Crippen LogP contribution in [0.25, 0.3) is 0 Å². The lowest BCUT2D eigenvalue weighted by Crippen LogP contribution is -2.12. The van der Waals surface area contributed by atoms with Crippen LogP contribution >= 0.6 is 22.7 Å². The van der Waals surface area contributed by atoms with Crippen LogP contribution in [-0.2, 0) is 6.42 Å². The second-order valence-corrected chi connectivity index (χ2v) is 5.83. The van der Waals surface area contributed by atoms with Gasteiger partial charge in [-0.15, -0.1) is 22.7 Å². The SMILES string of the molecule is CCc1cc(C#N)c(NC(=O)c2csc(C)n2)s1. The summed E-state index contributed by atoms with van der Waals surface area (Å²) in [5.41, 5.74) is 0.907. The molecule has 0 aliphatic rings. The van der Waals surface area contributed by atoms with Gasteiger partial charge in [0.25, 0.3) is 5.91 Å². The molecule has 2 aromatic rings. The maximum atomic E-state index is 11.9.